The van der Waals surface area contributed by atoms with Crippen molar-refractivity contribution in [3.63, 3.8) is 0 Å². The highest BCUT2D eigenvalue weighted by atomic mass is 32.1. The molecule has 1 aromatic carbocycles. The highest BCUT2D eigenvalue weighted by Gasteiger charge is 2.23. The minimum absolute atomic E-state index is 0.640. The monoisotopic (exact) mass is 257 g/mol. The summed E-state index contributed by atoms with van der Waals surface area (Å²) in [5, 5.41) is 1.16. The number of hydrogen-bond acceptors (Lipinski definition) is 3. The van der Waals surface area contributed by atoms with E-state index in [0.717, 1.165) is 29.1 Å². The Morgan fingerprint density at radius 1 is 1.28 bits per heavy atom. The van der Waals surface area contributed by atoms with Crippen LogP contribution < -0.4 is 4.90 Å². The quantitative estimate of drug-likeness (QED) is 0.761. The van der Waals surface area contributed by atoms with Gasteiger partial charge in [-0.15, -0.1) is 11.3 Å². The van der Waals surface area contributed by atoms with Crippen molar-refractivity contribution >= 4 is 28.3 Å². The minimum Gasteiger partial charge on any atom is -0.333 e. The fraction of sp³-hybridized carbons (Fsp3) is 0.267. The topological polar surface area (TPSA) is 20.3 Å². The molecule has 18 heavy (non-hydrogen) atoms. The molecule has 1 atom stereocenters. The fourth-order valence-corrected chi connectivity index (χ4v) is 3.40. The van der Waals surface area contributed by atoms with Crippen LogP contribution in [0.5, 0.6) is 0 Å². The maximum Gasteiger partial charge on any atom is 0.160 e. The normalized spacial score (nSPS) is 18.5. The number of para-hydroxylation sites is 1. The molecule has 92 valence electrons. The van der Waals surface area contributed by atoms with E-state index in [0.29, 0.717) is 5.92 Å². The van der Waals surface area contributed by atoms with Gasteiger partial charge in [-0.2, -0.15) is 0 Å². The van der Waals surface area contributed by atoms with Gasteiger partial charge in [0.15, 0.2) is 6.29 Å². The van der Waals surface area contributed by atoms with Crippen LogP contribution in [-0.4, -0.2) is 12.8 Å². The minimum atomic E-state index is 0.640. The second-order valence-corrected chi connectivity index (χ2v) is 5.94. The molecule has 1 aliphatic rings. The van der Waals surface area contributed by atoms with Gasteiger partial charge in [0.25, 0.3) is 0 Å². The highest BCUT2D eigenvalue weighted by Crippen LogP contribution is 2.38. The maximum absolute atomic E-state index is 10.8. The smallest absolute Gasteiger partial charge is 0.160 e. The third kappa shape index (κ3) is 1.95. The predicted molar refractivity (Wildman–Crippen MR) is 76.0 cm³/mol. The van der Waals surface area contributed by atoms with Crippen LogP contribution in [0.3, 0.4) is 0 Å². The molecule has 0 saturated carbocycles. The Labute approximate surface area is 111 Å². The molecule has 0 fully saturated rings. The lowest BCUT2D eigenvalue weighted by molar-refractivity contribution is 0.112. The lowest BCUT2D eigenvalue weighted by Crippen LogP contribution is -2.29. The van der Waals surface area contributed by atoms with E-state index in [-0.39, 0.29) is 0 Å². The van der Waals surface area contributed by atoms with Crippen molar-refractivity contribution in [1.82, 2.24) is 0 Å². The molecule has 0 aliphatic carbocycles. The van der Waals surface area contributed by atoms with Crippen molar-refractivity contribution in [2.24, 2.45) is 5.92 Å². The number of hydrogen-bond donors (Lipinski definition) is 0. The molecule has 3 rings (SSSR count). The Morgan fingerprint density at radius 3 is 2.89 bits per heavy atom. The van der Waals surface area contributed by atoms with E-state index in [4.69, 9.17) is 0 Å². The number of rotatable bonds is 2. The molecule has 0 amide bonds. The van der Waals surface area contributed by atoms with Crippen molar-refractivity contribution < 1.29 is 4.79 Å². The number of fused-ring (bicyclic) bond motifs is 1. The number of carbonyl (C=O) groups is 1. The molecular weight excluding hydrogens is 242 g/mol. The summed E-state index contributed by atoms with van der Waals surface area (Å²) in [6.45, 7) is 3.30. The van der Waals surface area contributed by atoms with Gasteiger partial charge in [-0.3, -0.25) is 4.79 Å². The summed E-state index contributed by atoms with van der Waals surface area (Å²) in [5.41, 5.74) is 2.69. The van der Waals surface area contributed by atoms with Gasteiger partial charge in [0.05, 0.1) is 9.88 Å². The standard InChI is InChI=1S/C15H15NOS/c1-11-8-12-4-2-3-5-14(12)16(9-11)15-7-6-13(10-17)18-15/h2-7,10-11H,8-9H2,1H3. The number of carbonyl (C=O) groups excluding carboxylic acids is 1. The molecule has 1 aromatic heterocycles. The molecular formula is C15H15NOS. The van der Waals surface area contributed by atoms with Crippen molar-refractivity contribution in [1.29, 1.82) is 0 Å². The van der Waals surface area contributed by atoms with E-state index >= 15 is 0 Å². The summed E-state index contributed by atoms with van der Waals surface area (Å²) in [7, 11) is 0. The number of thiophene rings is 1. The molecule has 0 N–H and O–H groups in total. The zero-order valence-corrected chi connectivity index (χ0v) is 11.1. The third-order valence-corrected chi connectivity index (χ3v) is 4.37. The first-order chi connectivity index (χ1) is 8.78. The van der Waals surface area contributed by atoms with Crippen LogP contribution in [0.25, 0.3) is 0 Å². The first-order valence-corrected chi connectivity index (χ1v) is 7.00. The molecule has 2 aromatic rings. The molecule has 0 spiro atoms. The maximum atomic E-state index is 10.8. The van der Waals surface area contributed by atoms with Gasteiger partial charge in [0.1, 0.15) is 0 Å². The van der Waals surface area contributed by atoms with Gasteiger partial charge in [-0.05, 0) is 36.1 Å². The van der Waals surface area contributed by atoms with E-state index in [1.807, 2.05) is 12.1 Å². The Kier molecular flexibility index (Phi) is 2.92. The molecule has 0 radical (unpaired) electrons. The van der Waals surface area contributed by atoms with Crippen LogP contribution in [0.2, 0.25) is 0 Å². The van der Waals surface area contributed by atoms with Crippen LogP contribution in [0.15, 0.2) is 36.4 Å². The van der Waals surface area contributed by atoms with Gasteiger partial charge in [0, 0.05) is 12.2 Å². The van der Waals surface area contributed by atoms with Crippen molar-refractivity contribution in [3.05, 3.63) is 46.8 Å². The van der Waals surface area contributed by atoms with Crippen LogP contribution in [0.4, 0.5) is 10.7 Å². The fourth-order valence-electron chi connectivity index (χ4n) is 2.56. The van der Waals surface area contributed by atoms with Crippen LogP contribution in [0, 0.1) is 5.92 Å². The van der Waals surface area contributed by atoms with E-state index in [9.17, 15) is 4.79 Å². The first-order valence-electron chi connectivity index (χ1n) is 6.18. The second-order valence-electron chi connectivity index (χ2n) is 4.84. The third-order valence-electron chi connectivity index (χ3n) is 3.34. The van der Waals surface area contributed by atoms with Gasteiger partial charge in [-0.1, -0.05) is 25.1 Å². The summed E-state index contributed by atoms with van der Waals surface area (Å²) in [6, 6.07) is 12.5. The second kappa shape index (κ2) is 4.58. The van der Waals surface area contributed by atoms with Crippen molar-refractivity contribution in [3.8, 4) is 0 Å². The van der Waals surface area contributed by atoms with Crippen LogP contribution in [-0.2, 0) is 6.42 Å². The summed E-state index contributed by atoms with van der Waals surface area (Å²) in [5.74, 6) is 0.640. The van der Waals surface area contributed by atoms with Crippen molar-refractivity contribution in [2.75, 3.05) is 11.4 Å². The van der Waals surface area contributed by atoms with Crippen molar-refractivity contribution in [2.45, 2.75) is 13.3 Å². The van der Waals surface area contributed by atoms with Gasteiger partial charge < -0.3 is 4.90 Å². The summed E-state index contributed by atoms with van der Waals surface area (Å²) < 4.78 is 0. The molecule has 2 heterocycles. The van der Waals surface area contributed by atoms with E-state index in [2.05, 4.69) is 36.1 Å². The van der Waals surface area contributed by atoms with Gasteiger partial charge in [0.2, 0.25) is 0 Å². The highest BCUT2D eigenvalue weighted by molar-refractivity contribution is 7.17. The average Bonchev–Trinajstić information content (AvgIpc) is 2.86. The Morgan fingerprint density at radius 2 is 2.11 bits per heavy atom. The Balaban J connectivity index is 2.04. The summed E-state index contributed by atoms with van der Waals surface area (Å²) >= 11 is 1.56. The van der Waals surface area contributed by atoms with E-state index in [1.165, 1.54) is 11.3 Å². The Hall–Kier alpha value is -1.61. The number of anilines is 2. The zero-order valence-electron chi connectivity index (χ0n) is 10.3. The lowest BCUT2D eigenvalue weighted by Gasteiger charge is -2.33. The predicted octanol–water partition coefficient (Wildman–Crippen LogP) is 3.89. The molecule has 3 heteroatoms. The molecule has 0 saturated heterocycles. The van der Waals surface area contributed by atoms with Gasteiger partial charge in [-0.25, -0.2) is 0 Å². The number of benzene rings is 1. The van der Waals surface area contributed by atoms with Crippen LogP contribution in [0.1, 0.15) is 22.2 Å². The molecule has 1 unspecified atom stereocenters. The summed E-state index contributed by atoms with van der Waals surface area (Å²) in [6.07, 6.45) is 2.06. The summed E-state index contributed by atoms with van der Waals surface area (Å²) in [4.78, 5) is 13.9. The number of nitrogens with zero attached hydrogens (tertiary/aromatic N) is 1. The zero-order chi connectivity index (χ0) is 12.5. The number of aldehydes is 1. The first kappa shape index (κ1) is 11.5. The average molecular weight is 257 g/mol. The Bertz CT molecular complexity index is 575. The van der Waals surface area contributed by atoms with Crippen LogP contribution >= 0.6 is 11.3 Å². The SMILES string of the molecule is CC1Cc2ccccc2N(c2ccc(C=O)s2)C1. The van der Waals surface area contributed by atoms with E-state index < -0.39 is 0 Å². The molecule has 2 nitrogen and oxygen atoms in total. The molecule has 0 bridgehead atoms. The largest absolute Gasteiger partial charge is 0.333 e. The van der Waals surface area contributed by atoms with E-state index in [1.54, 1.807) is 11.3 Å². The van der Waals surface area contributed by atoms with Gasteiger partial charge >= 0.3 is 0 Å². The lowest BCUT2D eigenvalue weighted by atomic mass is 9.94. The molecule has 1 aliphatic heterocycles.